The van der Waals surface area contributed by atoms with Gasteiger partial charge >= 0.3 is 10.1 Å². The second-order valence-corrected chi connectivity index (χ2v) is 8.62. The zero-order valence-electron chi connectivity index (χ0n) is 19.2. The molecule has 0 unspecified atom stereocenters. The molecule has 0 aromatic heterocycles. The number of carbonyl (C=O) groups is 1. The number of ether oxygens (including phenoxy) is 2. The van der Waals surface area contributed by atoms with E-state index in [0.29, 0.717) is 23.6 Å². The fourth-order valence-electron chi connectivity index (χ4n) is 3.02. The maximum Gasteiger partial charge on any atom is 0.339 e. The van der Waals surface area contributed by atoms with Crippen LogP contribution in [0.15, 0.2) is 83.3 Å². The summed E-state index contributed by atoms with van der Waals surface area (Å²) in [7, 11) is -4.07. The van der Waals surface area contributed by atoms with Gasteiger partial charge in [0, 0.05) is 5.69 Å². The van der Waals surface area contributed by atoms with E-state index in [1.807, 2.05) is 13.0 Å². The number of nitrogens with zero attached hydrogens (tertiary/aromatic N) is 1. The van der Waals surface area contributed by atoms with Gasteiger partial charge in [-0.1, -0.05) is 24.3 Å². The molecular formula is C26H24N2O6S. The third-order valence-electron chi connectivity index (χ3n) is 4.60. The van der Waals surface area contributed by atoms with Crippen LogP contribution in [0, 0.1) is 11.3 Å². The molecule has 0 aliphatic carbocycles. The molecule has 3 aromatic rings. The number of hydrogen-bond donors (Lipinski definition) is 1. The lowest BCUT2D eigenvalue weighted by Gasteiger charge is -2.13. The van der Waals surface area contributed by atoms with Crippen molar-refractivity contribution in [2.75, 3.05) is 18.5 Å². The van der Waals surface area contributed by atoms with Gasteiger partial charge in [-0.3, -0.25) is 4.79 Å². The molecule has 0 aliphatic heterocycles. The molecule has 35 heavy (non-hydrogen) atoms. The van der Waals surface area contributed by atoms with Crippen molar-refractivity contribution in [2.24, 2.45) is 0 Å². The number of rotatable bonds is 10. The zero-order chi connectivity index (χ0) is 25.3. The molecular weight excluding hydrogens is 468 g/mol. The fraction of sp³-hybridized carbons (Fsp3) is 0.154. The van der Waals surface area contributed by atoms with Crippen LogP contribution >= 0.6 is 0 Å². The maximum atomic E-state index is 12.6. The minimum Gasteiger partial charge on any atom is -0.494 e. The Morgan fingerprint density at radius 1 is 0.943 bits per heavy atom. The molecule has 0 spiro atoms. The summed E-state index contributed by atoms with van der Waals surface area (Å²) in [5, 5.41) is 12.2. The summed E-state index contributed by atoms with van der Waals surface area (Å²) in [5.41, 5.74) is 0.813. The molecule has 9 heteroatoms. The van der Waals surface area contributed by atoms with Gasteiger partial charge in [0.2, 0.25) is 0 Å². The van der Waals surface area contributed by atoms with Gasteiger partial charge in [0.1, 0.15) is 22.3 Å². The summed E-state index contributed by atoms with van der Waals surface area (Å²) in [5.74, 6) is 0.221. The average molecular weight is 493 g/mol. The summed E-state index contributed by atoms with van der Waals surface area (Å²) in [6.07, 6.45) is 1.38. The standard InChI is InChI=1S/C26H24N2O6S/c1-3-32-22-13-11-21(12-14-22)28-26(29)20(18-27)16-19-10-15-24(25(17-19)33-4-2)34-35(30,31)23-8-6-5-7-9-23/h5-17H,3-4H2,1-2H3,(H,28,29)/b20-16+. The molecule has 8 nitrogen and oxygen atoms in total. The first-order chi connectivity index (χ1) is 16.9. The van der Waals surface area contributed by atoms with Crippen LogP contribution in [0.4, 0.5) is 5.69 Å². The largest absolute Gasteiger partial charge is 0.494 e. The van der Waals surface area contributed by atoms with Gasteiger partial charge in [-0.25, -0.2) is 0 Å². The van der Waals surface area contributed by atoms with Crippen molar-refractivity contribution in [3.63, 3.8) is 0 Å². The first kappa shape index (κ1) is 25.3. The molecule has 3 aromatic carbocycles. The van der Waals surface area contributed by atoms with Crippen molar-refractivity contribution in [1.29, 1.82) is 5.26 Å². The van der Waals surface area contributed by atoms with E-state index < -0.39 is 16.0 Å². The van der Waals surface area contributed by atoms with Gasteiger partial charge in [-0.05, 0) is 74.0 Å². The van der Waals surface area contributed by atoms with Gasteiger partial charge in [-0.2, -0.15) is 13.7 Å². The van der Waals surface area contributed by atoms with Crippen LogP contribution in [0.3, 0.4) is 0 Å². The van der Waals surface area contributed by atoms with Gasteiger partial charge in [0.15, 0.2) is 11.5 Å². The average Bonchev–Trinajstić information content (AvgIpc) is 2.86. The van der Waals surface area contributed by atoms with E-state index in [4.69, 9.17) is 13.7 Å². The third-order valence-corrected chi connectivity index (χ3v) is 5.85. The van der Waals surface area contributed by atoms with E-state index in [9.17, 15) is 18.5 Å². The van der Waals surface area contributed by atoms with E-state index in [0.717, 1.165) is 0 Å². The molecule has 0 fully saturated rings. The van der Waals surface area contributed by atoms with E-state index in [2.05, 4.69) is 5.32 Å². The summed E-state index contributed by atoms with van der Waals surface area (Å²) in [4.78, 5) is 12.6. The molecule has 1 N–H and O–H groups in total. The molecule has 0 aliphatic rings. The van der Waals surface area contributed by atoms with Crippen molar-refractivity contribution in [3.05, 3.63) is 83.9 Å². The number of nitrogens with one attached hydrogen (secondary N) is 1. The Labute approximate surface area is 204 Å². The number of anilines is 1. The monoisotopic (exact) mass is 492 g/mol. The Bertz CT molecular complexity index is 1340. The predicted octanol–water partition coefficient (Wildman–Crippen LogP) is 4.80. The van der Waals surface area contributed by atoms with Crippen LogP contribution in [0.1, 0.15) is 19.4 Å². The molecule has 3 rings (SSSR count). The Balaban J connectivity index is 1.82. The normalized spacial score (nSPS) is 11.3. The van der Waals surface area contributed by atoms with Gasteiger partial charge in [0.25, 0.3) is 5.91 Å². The minimum absolute atomic E-state index is 0.00384. The maximum absolute atomic E-state index is 12.6. The molecule has 0 radical (unpaired) electrons. The van der Waals surface area contributed by atoms with Crippen LogP contribution in [0.25, 0.3) is 6.08 Å². The van der Waals surface area contributed by atoms with Gasteiger partial charge in [0.05, 0.1) is 13.2 Å². The van der Waals surface area contributed by atoms with Crippen LogP contribution in [-0.4, -0.2) is 27.5 Å². The highest BCUT2D eigenvalue weighted by atomic mass is 32.2. The lowest BCUT2D eigenvalue weighted by Crippen LogP contribution is -2.13. The minimum atomic E-state index is -4.07. The van der Waals surface area contributed by atoms with E-state index in [-0.39, 0.29) is 28.6 Å². The van der Waals surface area contributed by atoms with Crippen LogP contribution in [-0.2, 0) is 14.9 Å². The second kappa shape index (κ2) is 11.7. The smallest absolute Gasteiger partial charge is 0.339 e. The Morgan fingerprint density at radius 2 is 1.63 bits per heavy atom. The van der Waals surface area contributed by atoms with E-state index in [1.54, 1.807) is 49.4 Å². The highest BCUT2D eigenvalue weighted by Gasteiger charge is 2.19. The Kier molecular flexibility index (Phi) is 8.48. The second-order valence-electron chi connectivity index (χ2n) is 7.07. The summed E-state index contributed by atoms with van der Waals surface area (Å²) >= 11 is 0. The molecule has 0 bridgehead atoms. The predicted molar refractivity (Wildman–Crippen MR) is 132 cm³/mol. The summed E-state index contributed by atoms with van der Waals surface area (Å²) < 4.78 is 41.4. The molecule has 1 amide bonds. The SMILES string of the molecule is CCOc1ccc(NC(=O)/C(C#N)=C/c2ccc(OS(=O)(=O)c3ccccc3)c(OCC)c2)cc1. The summed E-state index contributed by atoms with van der Waals surface area (Å²) in [6, 6.07) is 20.8. The van der Waals surface area contributed by atoms with Crippen molar-refractivity contribution >= 4 is 27.8 Å². The molecule has 0 atom stereocenters. The van der Waals surface area contributed by atoms with Crippen molar-refractivity contribution in [1.82, 2.24) is 0 Å². The molecule has 0 saturated carbocycles. The van der Waals surface area contributed by atoms with Gasteiger partial charge < -0.3 is 19.0 Å². The van der Waals surface area contributed by atoms with Crippen LogP contribution < -0.4 is 19.0 Å². The number of nitriles is 1. The van der Waals surface area contributed by atoms with Crippen molar-refractivity contribution in [2.45, 2.75) is 18.7 Å². The molecule has 0 saturated heterocycles. The lowest BCUT2D eigenvalue weighted by atomic mass is 10.1. The quantitative estimate of drug-likeness (QED) is 0.246. The fourth-order valence-corrected chi connectivity index (χ4v) is 3.98. The Morgan fingerprint density at radius 3 is 2.26 bits per heavy atom. The van der Waals surface area contributed by atoms with E-state index >= 15 is 0 Å². The van der Waals surface area contributed by atoms with E-state index in [1.165, 1.54) is 36.4 Å². The topological polar surface area (TPSA) is 115 Å². The number of benzene rings is 3. The Hall–Kier alpha value is -4.29. The zero-order valence-corrected chi connectivity index (χ0v) is 20.0. The molecule has 0 heterocycles. The number of amides is 1. The van der Waals surface area contributed by atoms with Crippen LogP contribution in [0.5, 0.6) is 17.2 Å². The first-order valence-electron chi connectivity index (χ1n) is 10.8. The highest BCUT2D eigenvalue weighted by Crippen LogP contribution is 2.32. The number of carbonyl (C=O) groups excluding carboxylic acids is 1. The summed E-state index contributed by atoms with van der Waals surface area (Å²) in [6.45, 7) is 4.39. The van der Waals surface area contributed by atoms with Crippen molar-refractivity contribution in [3.8, 4) is 23.3 Å². The number of hydrogen-bond acceptors (Lipinski definition) is 7. The molecule has 180 valence electrons. The third kappa shape index (κ3) is 6.85. The lowest BCUT2D eigenvalue weighted by molar-refractivity contribution is -0.112. The first-order valence-corrected chi connectivity index (χ1v) is 12.2. The highest BCUT2D eigenvalue weighted by molar-refractivity contribution is 7.87. The van der Waals surface area contributed by atoms with Crippen molar-refractivity contribution < 1.29 is 26.9 Å². The van der Waals surface area contributed by atoms with Crippen LogP contribution in [0.2, 0.25) is 0 Å². The van der Waals surface area contributed by atoms with Gasteiger partial charge in [-0.15, -0.1) is 0 Å².